The lowest BCUT2D eigenvalue weighted by atomic mass is 9.74. The minimum absolute atomic E-state index is 0.934. The Morgan fingerprint density at radius 3 is 1.73 bits per heavy atom. The van der Waals surface area contributed by atoms with Gasteiger partial charge in [0, 0.05) is 6.42 Å². The van der Waals surface area contributed by atoms with Crippen LogP contribution in [0.4, 0.5) is 17.6 Å². The van der Waals surface area contributed by atoms with Crippen LogP contribution in [0.15, 0.2) is 0 Å². The molecule has 0 aromatic carbocycles. The van der Waals surface area contributed by atoms with Gasteiger partial charge in [-0.3, -0.25) is 4.39 Å². The first-order valence-electron chi connectivity index (χ1n) is 3.17. The van der Waals surface area contributed by atoms with Crippen molar-refractivity contribution >= 4 is 7.85 Å². The van der Waals surface area contributed by atoms with Crippen LogP contribution in [0, 0.1) is 5.92 Å². The molecule has 0 saturated carbocycles. The highest BCUT2D eigenvalue weighted by Gasteiger charge is 2.36. The molecule has 0 aliphatic carbocycles. The van der Waals surface area contributed by atoms with Crippen molar-refractivity contribution in [1.82, 2.24) is 0 Å². The van der Waals surface area contributed by atoms with E-state index >= 15 is 0 Å². The van der Waals surface area contributed by atoms with Crippen molar-refractivity contribution in [1.29, 1.82) is 0 Å². The Morgan fingerprint density at radius 2 is 1.64 bits per heavy atom. The number of rotatable bonds is 2. The second kappa shape index (κ2) is 3.03. The molecule has 0 bridgehead atoms. The van der Waals surface area contributed by atoms with Gasteiger partial charge in [0.1, 0.15) is 7.85 Å². The summed E-state index contributed by atoms with van der Waals surface area (Å²) in [7, 11) is 4.82. The van der Waals surface area contributed by atoms with E-state index in [0.717, 1.165) is 13.8 Å². The van der Waals surface area contributed by atoms with Gasteiger partial charge >= 0.3 is 6.18 Å². The van der Waals surface area contributed by atoms with Crippen LogP contribution >= 0.6 is 0 Å². The Labute approximate surface area is 64.4 Å². The van der Waals surface area contributed by atoms with E-state index in [-0.39, 0.29) is 0 Å². The minimum atomic E-state index is -4.34. The predicted molar refractivity (Wildman–Crippen MR) is 35.1 cm³/mol. The summed E-state index contributed by atoms with van der Waals surface area (Å²) < 4.78 is 47.4. The fourth-order valence-electron chi connectivity index (χ4n) is 0.547. The quantitative estimate of drug-likeness (QED) is 0.438. The average Bonchev–Trinajstić information content (AvgIpc) is 1.56. The summed E-state index contributed by atoms with van der Waals surface area (Å²) in [4.78, 5) is 0. The molecule has 0 N–H and O–H groups in total. The molecule has 2 unspecified atom stereocenters. The highest BCUT2D eigenvalue weighted by molar-refractivity contribution is 6.14. The average molecular weight is 168 g/mol. The summed E-state index contributed by atoms with van der Waals surface area (Å²) in [5.41, 5.74) is -2.25. The van der Waals surface area contributed by atoms with E-state index in [1.54, 1.807) is 0 Å². The van der Waals surface area contributed by atoms with Crippen LogP contribution in [-0.4, -0.2) is 19.6 Å². The zero-order chi connectivity index (χ0) is 9.28. The van der Waals surface area contributed by atoms with Gasteiger partial charge in [0.15, 0.2) is 0 Å². The summed E-state index contributed by atoms with van der Waals surface area (Å²) in [6.07, 6.45) is -5.53. The summed E-state index contributed by atoms with van der Waals surface area (Å²) in [6, 6.07) is 0. The fourth-order valence-corrected chi connectivity index (χ4v) is 0.547. The van der Waals surface area contributed by atoms with E-state index in [4.69, 9.17) is 7.85 Å². The normalized spacial score (nSPS) is 20.9. The molecule has 2 atom stereocenters. The van der Waals surface area contributed by atoms with Crippen molar-refractivity contribution in [2.75, 3.05) is 0 Å². The fraction of sp³-hybridized carbons (Fsp3) is 1.00. The molecule has 0 fully saturated rings. The van der Waals surface area contributed by atoms with Crippen LogP contribution in [0.1, 0.15) is 20.3 Å². The topological polar surface area (TPSA) is 0 Å². The standard InChI is InChI=1S/C6H9BF4/c1-4(5(2,7)8)3-6(9,10)11/h4H,3H2,1-2H3. The molecule has 0 saturated heterocycles. The molecule has 0 aromatic rings. The van der Waals surface area contributed by atoms with E-state index in [1.807, 2.05) is 0 Å². The Bertz CT molecular complexity index is 124. The largest absolute Gasteiger partial charge is 0.389 e. The lowest BCUT2D eigenvalue weighted by Crippen LogP contribution is -2.31. The molecule has 2 radical (unpaired) electrons. The van der Waals surface area contributed by atoms with E-state index in [9.17, 15) is 17.6 Å². The maximum Gasteiger partial charge on any atom is 0.389 e. The van der Waals surface area contributed by atoms with Gasteiger partial charge in [-0.2, -0.15) is 13.2 Å². The third-order valence-electron chi connectivity index (χ3n) is 1.50. The molecule has 64 valence electrons. The monoisotopic (exact) mass is 168 g/mol. The summed E-state index contributed by atoms with van der Waals surface area (Å²) in [5, 5.41) is 0. The first kappa shape index (κ1) is 10.8. The van der Waals surface area contributed by atoms with Crippen molar-refractivity contribution in [2.45, 2.75) is 32.0 Å². The number of halogens is 4. The van der Waals surface area contributed by atoms with Crippen LogP contribution in [0.5, 0.6) is 0 Å². The van der Waals surface area contributed by atoms with Gasteiger partial charge in [0.25, 0.3) is 0 Å². The first-order chi connectivity index (χ1) is 4.63. The van der Waals surface area contributed by atoms with Crippen molar-refractivity contribution in [3.63, 3.8) is 0 Å². The maximum absolute atomic E-state index is 12.6. The van der Waals surface area contributed by atoms with Crippen LogP contribution in [-0.2, 0) is 0 Å². The molecule has 0 aromatic heterocycles. The third kappa shape index (κ3) is 5.10. The first-order valence-corrected chi connectivity index (χ1v) is 3.17. The molecule has 0 spiro atoms. The van der Waals surface area contributed by atoms with Gasteiger partial charge in [-0.1, -0.05) is 6.92 Å². The van der Waals surface area contributed by atoms with Gasteiger partial charge < -0.3 is 0 Å². The lowest BCUT2D eigenvalue weighted by Gasteiger charge is -2.24. The van der Waals surface area contributed by atoms with Gasteiger partial charge in [0.2, 0.25) is 0 Å². The maximum atomic E-state index is 12.6. The van der Waals surface area contributed by atoms with Gasteiger partial charge in [0.05, 0.1) is 5.57 Å². The molecule has 0 heterocycles. The zero-order valence-corrected chi connectivity index (χ0v) is 6.37. The zero-order valence-electron chi connectivity index (χ0n) is 6.37. The van der Waals surface area contributed by atoms with Gasteiger partial charge in [-0.15, -0.1) is 0 Å². The highest BCUT2D eigenvalue weighted by atomic mass is 19.4. The predicted octanol–water partition coefficient (Wildman–Crippen LogP) is 2.43. The Morgan fingerprint density at radius 1 is 1.27 bits per heavy atom. The van der Waals surface area contributed by atoms with Crippen molar-refractivity contribution in [3.05, 3.63) is 0 Å². The molecule has 5 heteroatoms. The second-order valence-electron chi connectivity index (χ2n) is 2.87. The summed E-state index contributed by atoms with van der Waals surface area (Å²) >= 11 is 0. The van der Waals surface area contributed by atoms with Crippen molar-refractivity contribution in [2.24, 2.45) is 5.92 Å². The van der Waals surface area contributed by atoms with E-state index < -0.39 is 24.1 Å². The van der Waals surface area contributed by atoms with Crippen LogP contribution < -0.4 is 0 Å². The highest BCUT2D eigenvalue weighted by Crippen LogP contribution is 2.30. The van der Waals surface area contributed by atoms with Crippen LogP contribution in [0.2, 0.25) is 0 Å². The molecule has 0 aliphatic rings. The molecule has 0 amide bonds. The van der Waals surface area contributed by atoms with Crippen molar-refractivity contribution in [3.8, 4) is 0 Å². The number of hydrogen-bond donors (Lipinski definition) is 0. The molecular weight excluding hydrogens is 159 g/mol. The second-order valence-corrected chi connectivity index (χ2v) is 2.87. The Balaban J connectivity index is 3.99. The molecule has 11 heavy (non-hydrogen) atoms. The van der Waals surface area contributed by atoms with E-state index in [2.05, 4.69) is 0 Å². The van der Waals surface area contributed by atoms with Gasteiger partial charge in [-0.25, -0.2) is 0 Å². The van der Waals surface area contributed by atoms with E-state index in [1.165, 1.54) is 0 Å². The molecule has 0 nitrogen and oxygen atoms in total. The van der Waals surface area contributed by atoms with E-state index in [0.29, 0.717) is 0 Å². The van der Waals surface area contributed by atoms with Crippen molar-refractivity contribution < 1.29 is 17.6 Å². The van der Waals surface area contributed by atoms with Crippen LogP contribution in [0.25, 0.3) is 0 Å². The SMILES string of the molecule is [B]C(C)(F)C(C)CC(F)(F)F. The third-order valence-corrected chi connectivity index (χ3v) is 1.50. The van der Waals surface area contributed by atoms with Gasteiger partial charge in [-0.05, 0) is 12.8 Å². The summed E-state index contributed by atoms with van der Waals surface area (Å²) in [5.74, 6) is -1.21. The summed E-state index contributed by atoms with van der Waals surface area (Å²) in [6.45, 7) is 2.07. The minimum Gasteiger partial charge on any atom is -0.255 e. The lowest BCUT2D eigenvalue weighted by molar-refractivity contribution is -0.149. The molecule has 0 rings (SSSR count). The smallest absolute Gasteiger partial charge is 0.255 e. The number of hydrogen-bond acceptors (Lipinski definition) is 0. The molecule has 0 aliphatic heterocycles. The number of alkyl halides is 4. The van der Waals surface area contributed by atoms with Crippen LogP contribution in [0.3, 0.4) is 0 Å². The molecular formula is C6H9BF4. The Hall–Kier alpha value is -0.215. The Kier molecular flexibility index (Phi) is 2.97.